The Bertz CT molecular complexity index is 2020. The van der Waals surface area contributed by atoms with E-state index in [1.165, 1.54) is 11.3 Å². The Labute approximate surface area is 259 Å². The van der Waals surface area contributed by atoms with E-state index < -0.39 is 6.04 Å². The Hall–Kier alpha value is -3.92. The van der Waals surface area contributed by atoms with Crippen molar-refractivity contribution in [2.24, 2.45) is 0 Å². The predicted molar refractivity (Wildman–Crippen MR) is 177 cm³/mol. The summed E-state index contributed by atoms with van der Waals surface area (Å²) < 4.78 is 4.03. The number of benzene rings is 5. The second kappa shape index (κ2) is 10.8. The molecule has 8 heteroatoms. The smallest absolute Gasteiger partial charge is 0.184 e. The summed E-state index contributed by atoms with van der Waals surface area (Å²) in [6, 6.07) is 35.4. The highest BCUT2D eigenvalue weighted by molar-refractivity contribution is 14.1. The predicted octanol–water partition coefficient (Wildman–Crippen LogP) is 9.47. The second-order valence-corrected chi connectivity index (χ2v) is 12.4. The Kier molecular flexibility index (Phi) is 6.86. The molecule has 0 bridgehead atoms. The van der Waals surface area contributed by atoms with Gasteiger partial charge in [0.15, 0.2) is 5.13 Å². The minimum atomic E-state index is -0.469. The van der Waals surface area contributed by atoms with E-state index in [-0.39, 0.29) is 5.75 Å². The Morgan fingerprint density at radius 1 is 0.878 bits per heavy atom. The average Bonchev–Trinajstić information content (AvgIpc) is 3.61. The van der Waals surface area contributed by atoms with Crippen LogP contribution in [0.15, 0.2) is 115 Å². The van der Waals surface area contributed by atoms with Crippen molar-refractivity contribution < 1.29 is 5.11 Å². The summed E-state index contributed by atoms with van der Waals surface area (Å²) in [7, 11) is 0. The van der Waals surface area contributed by atoms with Crippen molar-refractivity contribution in [3.63, 3.8) is 0 Å². The number of aromatic nitrogens is 3. The molecule has 2 heterocycles. The number of phenolic OH excluding ortho intramolecular Hbond substituents is 1. The Morgan fingerprint density at radius 3 is 2.49 bits per heavy atom. The number of hydrogen-bond acceptors (Lipinski definition) is 5. The number of halogens is 2. The van der Waals surface area contributed by atoms with E-state index in [2.05, 4.69) is 58.2 Å². The number of hydrogen-bond donors (Lipinski definition) is 2. The third-order valence-electron chi connectivity index (χ3n) is 7.05. The van der Waals surface area contributed by atoms with Gasteiger partial charge in [0.25, 0.3) is 0 Å². The van der Waals surface area contributed by atoms with Gasteiger partial charge in [-0.2, -0.15) is 5.10 Å². The number of fused-ring (bicyclic) bond motifs is 2. The molecule has 7 rings (SSSR count). The van der Waals surface area contributed by atoms with Gasteiger partial charge in [-0.1, -0.05) is 83.6 Å². The van der Waals surface area contributed by atoms with Crippen LogP contribution in [0.2, 0.25) is 5.02 Å². The first-order valence-electron chi connectivity index (χ1n) is 13.0. The van der Waals surface area contributed by atoms with Crippen molar-refractivity contribution in [2.45, 2.75) is 6.04 Å². The highest BCUT2D eigenvalue weighted by atomic mass is 127. The number of phenols is 1. The van der Waals surface area contributed by atoms with E-state index in [4.69, 9.17) is 21.7 Å². The van der Waals surface area contributed by atoms with Crippen LogP contribution in [0.1, 0.15) is 17.2 Å². The molecule has 0 aliphatic rings. The van der Waals surface area contributed by atoms with Gasteiger partial charge < -0.3 is 10.4 Å². The molecule has 0 amide bonds. The highest BCUT2D eigenvalue weighted by Gasteiger charge is 2.27. The fourth-order valence-electron chi connectivity index (χ4n) is 5.12. The number of thiazole rings is 1. The number of aromatic hydroxyl groups is 1. The number of rotatable bonds is 6. The molecule has 1 atom stereocenters. The largest absolute Gasteiger partial charge is 0.508 e. The van der Waals surface area contributed by atoms with Crippen LogP contribution in [0.4, 0.5) is 5.13 Å². The quantitative estimate of drug-likeness (QED) is 0.171. The SMILES string of the molecule is Oc1ccc2ccccc2c1C(Nc1nc2ccc(Cl)cc2s1)c1cn(-c2ccccc2)nc1-c1ccc(I)cc1. The second-order valence-electron chi connectivity index (χ2n) is 9.65. The van der Waals surface area contributed by atoms with Crippen LogP contribution < -0.4 is 5.32 Å². The molecule has 0 aliphatic carbocycles. The zero-order valence-corrected chi connectivity index (χ0v) is 25.2. The molecule has 0 saturated heterocycles. The minimum absolute atomic E-state index is 0.200. The molecule has 0 aliphatic heterocycles. The summed E-state index contributed by atoms with van der Waals surface area (Å²) >= 11 is 10.1. The molecule has 5 aromatic carbocycles. The molecule has 41 heavy (non-hydrogen) atoms. The third kappa shape index (κ3) is 5.05. The van der Waals surface area contributed by atoms with Gasteiger partial charge in [-0.25, -0.2) is 9.67 Å². The molecular weight excluding hydrogens is 663 g/mol. The lowest BCUT2D eigenvalue weighted by molar-refractivity contribution is 0.468. The van der Waals surface area contributed by atoms with Crippen molar-refractivity contribution in [2.75, 3.05) is 5.32 Å². The van der Waals surface area contributed by atoms with Gasteiger partial charge in [0.1, 0.15) is 5.75 Å². The summed E-state index contributed by atoms with van der Waals surface area (Å²) in [4.78, 5) is 4.87. The lowest BCUT2D eigenvalue weighted by atomic mass is 9.91. The van der Waals surface area contributed by atoms with E-state index in [0.29, 0.717) is 5.02 Å². The van der Waals surface area contributed by atoms with Gasteiger partial charge in [0.2, 0.25) is 0 Å². The van der Waals surface area contributed by atoms with Crippen molar-refractivity contribution in [1.82, 2.24) is 14.8 Å². The monoisotopic (exact) mass is 684 g/mol. The maximum Gasteiger partial charge on any atom is 0.184 e. The van der Waals surface area contributed by atoms with Crippen molar-refractivity contribution >= 4 is 71.6 Å². The molecule has 1 unspecified atom stereocenters. The van der Waals surface area contributed by atoms with Crippen molar-refractivity contribution in [3.05, 3.63) is 135 Å². The topological polar surface area (TPSA) is 63.0 Å². The zero-order valence-electron chi connectivity index (χ0n) is 21.5. The number of nitrogens with zero attached hydrogens (tertiary/aromatic N) is 3. The first kappa shape index (κ1) is 26.0. The number of nitrogens with one attached hydrogen (secondary N) is 1. The van der Waals surface area contributed by atoms with Gasteiger partial charge >= 0.3 is 0 Å². The molecule has 0 fully saturated rings. The highest BCUT2D eigenvalue weighted by Crippen LogP contribution is 2.42. The van der Waals surface area contributed by atoms with Crippen LogP contribution in [0.25, 0.3) is 37.9 Å². The van der Waals surface area contributed by atoms with Crippen LogP contribution in [-0.4, -0.2) is 19.9 Å². The van der Waals surface area contributed by atoms with Gasteiger partial charge in [-0.15, -0.1) is 0 Å². The molecule has 2 aromatic heterocycles. The maximum atomic E-state index is 11.4. The van der Waals surface area contributed by atoms with Gasteiger partial charge in [0, 0.05) is 31.5 Å². The van der Waals surface area contributed by atoms with Gasteiger partial charge in [-0.3, -0.25) is 0 Å². The van der Waals surface area contributed by atoms with E-state index in [1.807, 2.05) is 83.7 Å². The number of para-hydroxylation sites is 1. The molecule has 2 N–H and O–H groups in total. The first-order chi connectivity index (χ1) is 20.0. The summed E-state index contributed by atoms with van der Waals surface area (Å²) in [6.45, 7) is 0. The summed E-state index contributed by atoms with van der Waals surface area (Å²) in [5, 5.41) is 23.6. The van der Waals surface area contributed by atoms with Gasteiger partial charge in [0.05, 0.1) is 27.6 Å². The van der Waals surface area contributed by atoms with Crippen molar-refractivity contribution in [3.8, 4) is 22.7 Å². The summed E-state index contributed by atoms with van der Waals surface area (Å²) in [6.07, 6.45) is 2.05. The van der Waals surface area contributed by atoms with Crippen LogP contribution in [-0.2, 0) is 0 Å². The molecule has 0 spiro atoms. The Morgan fingerprint density at radius 2 is 1.66 bits per heavy atom. The van der Waals surface area contributed by atoms with Crippen LogP contribution in [0.3, 0.4) is 0 Å². The summed E-state index contributed by atoms with van der Waals surface area (Å²) in [5.74, 6) is 0.200. The average molecular weight is 685 g/mol. The maximum absolute atomic E-state index is 11.4. The molecule has 7 aromatic rings. The fraction of sp³-hybridized carbons (Fsp3) is 0.0303. The van der Waals surface area contributed by atoms with E-state index in [1.54, 1.807) is 6.07 Å². The Balaban J connectivity index is 1.48. The van der Waals surface area contributed by atoms with Gasteiger partial charge in [-0.05, 0) is 81.9 Å². The van der Waals surface area contributed by atoms with Crippen LogP contribution >= 0.6 is 45.5 Å². The van der Waals surface area contributed by atoms with E-state index >= 15 is 0 Å². The van der Waals surface area contributed by atoms with Crippen LogP contribution in [0.5, 0.6) is 5.75 Å². The van der Waals surface area contributed by atoms with Crippen molar-refractivity contribution in [1.29, 1.82) is 0 Å². The summed E-state index contributed by atoms with van der Waals surface area (Å²) in [5.41, 5.74) is 5.29. The van der Waals surface area contributed by atoms with E-state index in [9.17, 15) is 5.11 Å². The minimum Gasteiger partial charge on any atom is -0.508 e. The molecule has 0 radical (unpaired) electrons. The third-order valence-corrected chi connectivity index (χ3v) is 8.95. The first-order valence-corrected chi connectivity index (χ1v) is 15.2. The molecule has 200 valence electrons. The number of anilines is 1. The molecule has 5 nitrogen and oxygen atoms in total. The van der Waals surface area contributed by atoms with Crippen LogP contribution in [0, 0.1) is 3.57 Å². The lowest BCUT2D eigenvalue weighted by Gasteiger charge is -2.22. The fourth-order valence-corrected chi connectivity index (χ4v) is 6.65. The van der Waals surface area contributed by atoms with E-state index in [0.717, 1.165) is 57.8 Å². The molecule has 0 saturated carbocycles. The lowest BCUT2D eigenvalue weighted by Crippen LogP contribution is -2.13. The zero-order chi connectivity index (χ0) is 27.9. The normalized spacial score (nSPS) is 12.1. The standard InChI is InChI=1S/C33H22ClIN4OS/c34-22-13-16-27-29(18-22)41-33(36-27)37-32(30-25-9-5-4-6-20(25)12-17-28(30)40)26-19-39(24-7-2-1-3-8-24)38-31(26)21-10-14-23(35)15-11-21/h1-19,32,40H,(H,36,37). The molecular formula is C33H22ClIN4OS.